The van der Waals surface area contributed by atoms with Crippen molar-refractivity contribution in [1.29, 1.82) is 0 Å². The van der Waals surface area contributed by atoms with Gasteiger partial charge in [0.15, 0.2) is 0 Å². The van der Waals surface area contributed by atoms with Crippen molar-refractivity contribution < 1.29 is 23.7 Å². The van der Waals surface area contributed by atoms with Gasteiger partial charge >= 0.3 is 5.97 Å². The minimum Gasteiger partial charge on any atom is -0.497 e. The molecule has 0 N–H and O–H groups in total. The predicted octanol–water partition coefficient (Wildman–Crippen LogP) is 4.63. The molecule has 1 heterocycles. The molecule has 1 aromatic rings. The number of rotatable bonds is 3. The number of esters is 1. The van der Waals surface area contributed by atoms with Gasteiger partial charge in [0.1, 0.15) is 17.1 Å². The molecule has 5 heteroatoms. The molecule has 2 rings (SSSR count). The summed E-state index contributed by atoms with van der Waals surface area (Å²) in [4.78, 5) is 12.8. The number of hydrogen-bond donors (Lipinski definition) is 0. The number of ether oxygens (including phenoxy) is 4. The normalized spacial score (nSPS) is 23.3. The average Bonchev–Trinajstić information content (AvgIpc) is 2.64. The van der Waals surface area contributed by atoms with Crippen LogP contribution >= 0.6 is 0 Å². The molecule has 5 nitrogen and oxygen atoms in total. The van der Waals surface area contributed by atoms with Gasteiger partial charge in [0.25, 0.3) is 0 Å². The molecule has 0 amide bonds. The van der Waals surface area contributed by atoms with E-state index in [9.17, 15) is 4.79 Å². The molecule has 1 aromatic carbocycles. The third-order valence-corrected chi connectivity index (χ3v) is 4.74. The van der Waals surface area contributed by atoms with Crippen LogP contribution in [0.5, 0.6) is 11.5 Å². The lowest BCUT2D eigenvalue weighted by atomic mass is 10.0. The molecule has 0 bridgehead atoms. The molecule has 1 aliphatic rings. The Morgan fingerprint density at radius 1 is 1.04 bits per heavy atom. The van der Waals surface area contributed by atoms with Gasteiger partial charge in [0.05, 0.1) is 26.4 Å². The number of benzene rings is 1. The van der Waals surface area contributed by atoms with Crippen LogP contribution in [0.3, 0.4) is 0 Å². The van der Waals surface area contributed by atoms with Crippen LogP contribution in [0.25, 0.3) is 6.08 Å². The lowest BCUT2D eigenvalue weighted by Crippen LogP contribution is -2.18. The van der Waals surface area contributed by atoms with Crippen LogP contribution in [0.15, 0.2) is 18.2 Å². The average molecular weight is 362 g/mol. The summed E-state index contributed by atoms with van der Waals surface area (Å²) in [6, 6.07) is 3.55. The van der Waals surface area contributed by atoms with Gasteiger partial charge in [-0.25, -0.2) is 4.79 Å². The van der Waals surface area contributed by atoms with Gasteiger partial charge in [-0.05, 0) is 57.1 Å². The fourth-order valence-electron chi connectivity index (χ4n) is 3.23. The van der Waals surface area contributed by atoms with Gasteiger partial charge in [0.2, 0.25) is 0 Å². The number of cyclic esters (lactones) is 1. The molecule has 0 saturated heterocycles. The smallest absolute Gasteiger partial charge is 0.342 e. The lowest BCUT2D eigenvalue weighted by molar-refractivity contribution is 0.0296. The summed E-state index contributed by atoms with van der Waals surface area (Å²) in [5.41, 5.74) is 1.20. The topological polar surface area (TPSA) is 54.0 Å². The number of allylic oxidation sites excluding steroid dienone is 1. The molecule has 144 valence electrons. The number of carbonyl (C=O) groups excluding carboxylic acids is 1. The second-order valence-corrected chi connectivity index (χ2v) is 6.63. The quantitative estimate of drug-likeness (QED) is 0.734. The van der Waals surface area contributed by atoms with Crippen molar-refractivity contribution in [3.8, 4) is 11.5 Å². The Balaban J connectivity index is 2.35. The molecule has 0 aliphatic carbocycles. The van der Waals surface area contributed by atoms with Crippen LogP contribution in [-0.2, 0) is 9.47 Å². The fraction of sp³-hybridized carbons (Fsp3) is 0.571. The van der Waals surface area contributed by atoms with Crippen LogP contribution < -0.4 is 9.47 Å². The van der Waals surface area contributed by atoms with Gasteiger partial charge in [-0.2, -0.15) is 0 Å². The van der Waals surface area contributed by atoms with E-state index < -0.39 is 0 Å². The van der Waals surface area contributed by atoms with E-state index >= 15 is 0 Å². The lowest BCUT2D eigenvalue weighted by Gasteiger charge is -2.19. The van der Waals surface area contributed by atoms with Crippen molar-refractivity contribution in [3.05, 3.63) is 29.3 Å². The van der Waals surface area contributed by atoms with Gasteiger partial charge in [-0.3, -0.25) is 0 Å². The van der Waals surface area contributed by atoms with E-state index in [2.05, 4.69) is 6.08 Å². The van der Waals surface area contributed by atoms with E-state index in [1.807, 2.05) is 19.1 Å². The second-order valence-electron chi connectivity index (χ2n) is 6.63. The first kappa shape index (κ1) is 20.3. The summed E-state index contributed by atoms with van der Waals surface area (Å²) in [7, 11) is 4.91. The van der Waals surface area contributed by atoms with Gasteiger partial charge in [-0.15, -0.1) is 0 Å². The van der Waals surface area contributed by atoms with E-state index in [0.29, 0.717) is 17.1 Å². The molecule has 0 spiro atoms. The molecule has 0 fully saturated rings. The number of carbonyl (C=O) groups is 1. The summed E-state index contributed by atoms with van der Waals surface area (Å²) < 4.78 is 22.0. The van der Waals surface area contributed by atoms with Crippen molar-refractivity contribution in [1.82, 2.24) is 0 Å². The Kier molecular flexibility index (Phi) is 7.98. The molecule has 2 atom stereocenters. The zero-order valence-corrected chi connectivity index (χ0v) is 16.2. The Morgan fingerprint density at radius 2 is 1.81 bits per heavy atom. The van der Waals surface area contributed by atoms with Crippen molar-refractivity contribution in [3.63, 3.8) is 0 Å². The van der Waals surface area contributed by atoms with Gasteiger partial charge < -0.3 is 18.9 Å². The van der Waals surface area contributed by atoms with Crippen molar-refractivity contribution in [2.24, 2.45) is 0 Å². The highest BCUT2D eigenvalue weighted by Gasteiger charge is 2.22. The van der Waals surface area contributed by atoms with Gasteiger partial charge in [-0.1, -0.05) is 12.2 Å². The zero-order valence-electron chi connectivity index (χ0n) is 16.2. The molecule has 0 aromatic heterocycles. The zero-order chi connectivity index (χ0) is 18.9. The molecule has 0 saturated carbocycles. The Labute approximate surface area is 156 Å². The first-order valence-corrected chi connectivity index (χ1v) is 9.25. The van der Waals surface area contributed by atoms with E-state index in [-0.39, 0.29) is 18.2 Å². The number of methoxy groups -OCH3 is 3. The van der Waals surface area contributed by atoms with E-state index in [1.54, 1.807) is 27.4 Å². The molecule has 26 heavy (non-hydrogen) atoms. The molecule has 1 aliphatic heterocycles. The standard InChI is InChI=1S/C21H30O5/c1-15-9-8-12-17(23-2)11-7-5-6-10-16-13-18(24-3)14-19(25-4)20(16)21(22)26-15/h6,10,13-15,17H,5,7-9,11-12H2,1-4H3/b10-6-. The number of fused-ring (bicyclic) bond motifs is 1. The summed E-state index contributed by atoms with van der Waals surface area (Å²) >= 11 is 0. The Morgan fingerprint density at radius 3 is 2.50 bits per heavy atom. The minimum atomic E-state index is -0.364. The summed E-state index contributed by atoms with van der Waals surface area (Å²) in [6.45, 7) is 1.93. The fourth-order valence-corrected chi connectivity index (χ4v) is 3.23. The Bertz CT molecular complexity index is 623. The highest BCUT2D eigenvalue weighted by molar-refractivity contribution is 5.97. The maximum Gasteiger partial charge on any atom is 0.342 e. The highest BCUT2D eigenvalue weighted by atomic mass is 16.5. The van der Waals surface area contributed by atoms with Crippen LogP contribution in [0, 0.1) is 0 Å². The molecule has 2 unspecified atom stereocenters. The van der Waals surface area contributed by atoms with Crippen molar-refractivity contribution in [2.45, 2.75) is 57.7 Å². The first-order valence-electron chi connectivity index (χ1n) is 9.25. The third-order valence-electron chi connectivity index (χ3n) is 4.74. The van der Waals surface area contributed by atoms with E-state index in [1.165, 1.54) is 0 Å². The van der Waals surface area contributed by atoms with Crippen LogP contribution in [0.4, 0.5) is 0 Å². The largest absolute Gasteiger partial charge is 0.497 e. The summed E-state index contributed by atoms with van der Waals surface area (Å²) in [6.07, 6.45) is 9.89. The Hall–Kier alpha value is -2.01. The van der Waals surface area contributed by atoms with Crippen molar-refractivity contribution >= 4 is 12.0 Å². The van der Waals surface area contributed by atoms with Crippen LogP contribution in [-0.4, -0.2) is 39.5 Å². The van der Waals surface area contributed by atoms with Gasteiger partial charge in [0, 0.05) is 13.2 Å². The van der Waals surface area contributed by atoms with Crippen molar-refractivity contribution in [2.75, 3.05) is 21.3 Å². The molecular weight excluding hydrogens is 332 g/mol. The maximum absolute atomic E-state index is 12.8. The van der Waals surface area contributed by atoms with E-state index in [0.717, 1.165) is 44.1 Å². The second kappa shape index (κ2) is 10.2. The van der Waals surface area contributed by atoms with E-state index in [4.69, 9.17) is 18.9 Å². The summed E-state index contributed by atoms with van der Waals surface area (Å²) in [5, 5.41) is 0. The summed E-state index contributed by atoms with van der Waals surface area (Å²) in [5.74, 6) is 0.747. The number of hydrogen-bond acceptors (Lipinski definition) is 5. The SMILES string of the molecule is COc1cc2c(c(OC)c1)C(=O)OC(C)CCCC(OC)CCC/C=C\2. The maximum atomic E-state index is 12.8. The monoisotopic (exact) mass is 362 g/mol. The van der Waals surface area contributed by atoms with Crippen LogP contribution in [0.1, 0.15) is 61.4 Å². The third kappa shape index (κ3) is 5.49. The van der Waals surface area contributed by atoms with Crippen LogP contribution in [0.2, 0.25) is 0 Å². The molecule has 0 radical (unpaired) electrons. The highest BCUT2D eigenvalue weighted by Crippen LogP contribution is 2.31. The predicted molar refractivity (Wildman–Crippen MR) is 102 cm³/mol. The minimum absolute atomic E-state index is 0.161. The first-order chi connectivity index (χ1) is 12.6. The molecular formula is C21H30O5.